The van der Waals surface area contributed by atoms with E-state index in [4.69, 9.17) is 9.84 Å². The highest BCUT2D eigenvalue weighted by Crippen LogP contribution is 2.33. The summed E-state index contributed by atoms with van der Waals surface area (Å²) in [6.45, 7) is 6.63. The molecule has 1 aliphatic heterocycles. The second-order valence-electron chi connectivity index (χ2n) is 5.89. The van der Waals surface area contributed by atoms with Gasteiger partial charge in [-0.2, -0.15) is 0 Å². The van der Waals surface area contributed by atoms with E-state index in [1.807, 2.05) is 39.8 Å². The number of carbonyl (C=O) groups is 2. The first-order chi connectivity index (χ1) is 9.23. The number of aliphatic carboxylic acids is 1. The van der Waals surface area contributed by atoms with Gasteiger partial charge in [0.05, 0.1) is 18.1 Å². The topological polar surface area (TPSA) is 70.1 Å². The third-order valence-electron chi connectivity index (χ3n) is 3.98. The van der Waals surface area contributed by atoms with Crippen molar-refractivity contribution in [1.82, 2.24) is 9.80 Å². The van der Waals surface area contributed by atoms with Crippen molar-refractivity contribution in [2.45, 2.75) is 33.0 Å². The lowest BCUT2D eigenvalue weighted by Crippen LogP contribution is -2.45. The van der Waals surface area contributed by atoms with E-state index < -0.39 is 5.97 Å². The van der Waals surface area contributed by atoms with Crippen LogP contribution in [0.4, 0.5) is 0 Å². The van der Waals surface area contributed by atoms with E-state index in [0.29, 0.717) is 13.1 Å². The highest BCUT2D eigenvalue weighted by molar-refractivity contribution is 5.84. The Morgan fingerprint density at radius 3 is 2.10 bits per heavy atom. The maximum atomic E-state index is 12.6. The van der Waals surface area contributed by atoms with Crippen LogP contribution in [0.25, 0.3) is 0 Å². The Balaban J connectivity index is 2.78. The van der Waals surface area contributed by atoms with Gasteiger partial charge in [0.1, 0.15) is 6.54 Å². The molecule has 0 aromatic rings. The molecule has 0 aliphatic carbocycles. The Morgan fingerprint density at radius 1 is 1.10 bits per heavy atom. The molecular formula is C14H26N2O4. The van der Waals surface area contributed by atoms with Gasteiger partial charge < -0.3 is 19.6 Å². The van der Waals surface area contributed by atoms with Crippen molar-refractivity contribution < 1.29 is 19.4 Å². The van der Waals surface area contributed by atoms with Gasteiger partial charge in [0.2, 0.25) is 5.91 Å². The molecule has 1 aliphatic rings. The summed E-state index contributed by atoms with van der Waals surface area (Å²) in [6.07, 6.45) is -0.136. The number of nitrogens with zero attached hydrogens (tertiary/aromatic N) is 2. The van der Waals surface area contributed by atoms with E-state index in [9.17, 15) is 9.59 Å². The van der Waals surface area contributed by atoms with Gasteiger partial charge in [0.25, 0.3) is 0 Å². The van der Waals surface area contributed by atoms with Gasteiger partial charge >= 0.3 is 5.97 Å². The number of likely N-dealkylation sites (N-methyl/N-ethyl adjacent to an activating group) is 1. The van der Waals surface area contributed by atoms with Crippen LogP contribution in [0, 0.1) is 11.8 Å². The minimum absolute atomic E-state index is 0.0273. The number of carboxylic acids is 1. The van der Waals surface area contributed by atoms with Crippen LogP contribution < -0.4 is 0 Å². The molecule has 1 rings (SSSR count). The molecule has 0 radical (unpaired) electrons. The molecule has 1 amide bonds. The minimum Gasteiger partial charge on any atom is -0.480 e. The molecule has 1 N–H and O–H groups in total. The van der Waals surface area contributed by atoms with Crippen LogP contribution in [0.15, 0.2) is 0 Å². The maximum absolute atomic E-state index is 12.6. The van der Waals surface area contributed by atoms with E-state index in [1.165, 1.54) is 4.90 Å². The van der Waals surface area contributed by atoms with Crippen LogP contribution >= 0.6 is 0 Å². The number of hydrogen-bond donors (Lipinski definition) is 1. The number of hydrogen-bond acceptors (Lipinski definition) is 4. The minimum atomic E-state index is -0.982. The molecule has 0 spiro atoms. The van der Waals surface area contributed by atoms with Crippen molar-refractivity contribution >= 4 is 11.9 Å². The van der Waals surface area contributed by atoms with Crippen molar-refractivity contribution in [3.8, 4) is 0 Å². The Hall–Kier alpha value is -1.14. The van der Waals surface area contributed by atoms with E-state index in [1.54, 1.807) is 0 Å². The summed E-state index contributed by atoms with van der Waals surface area (Å²) in [6, 6.07) is 0. The Labute approximate surface area is 120 Å². The average Bonchev–Trinajstić information content (AvgIpc) is 2.57. The third-order valence-corrected chi connectivity index (χ3v) is 3.98. The Kier molecular flexibility index (Phi) is 5.95. The average molecular weight is 286 g/mol. The molecule has 0 aromatic carbocycles. The first-order valence-corrected chi connectivity index (χ1v) is 7.04. The van der Waals surface area contributed by atoms with Gasteiger partial charge in [-0.05, 0) is 33.9 Å². The lowest BCUT2D eigenvalue weighted by Gasteiger charge is -2.28. The number of ether oxygens (including phenoxy) is 1. The smallest absolute Gasteiger partial charge is 0.323 e. The van der Waals surface area contributed by atoms with Crippen molar-refractivity contribution in [2.24, 2.45) is 11.8 Å². The normalized spacial score (nSPS) is 29.7. The summed E-state index contributed by atoms with van der Waals surface area (Å²) in [5, 5.41) is 8.99. The summed E-state index contributed by atoms with van der Waals surface area (Å²) in [5.74, 6) is -1.25. The molecule has 0 saturated carbocycles. The number of carboxylic acid groups (broad SMARTS) is 1. The summed E-state index contributed by atoms with van der Waals surface area (Å²) in [5.41, 5.74) is 0. The third kappa shape index (κ3) is 4.18. The SMILES string of the molecule is CC1OC(C)C(C(=O)N(CCN(C)C)CC(=O)O)C1C. The van der Waals surface area contributed by atoms with Crippen LogP contribution in [-0.2, 0) is 14.3 Å². The largest absolute Gasteiger partial charge is 0.480 e. The van der Waals surface area contributed by atoms with Crippen molar-refractivity contribution in [1.29, 1.82) is 0 Å². The highest BCUT2D eigenvalue weighted by atomic mass is 16.5. The van der Waals surface area contributed by atoms with Gasteiger partial charge in [-0.25, -0.2) is 0 Å². The van der Waals surface area contributed by atoms with Crippen molar-refractivity contribution in [2.75, 3.05) is 33.7 Å². The van der Waals surface area contributed by atoms with E-state index in [-0.39, 0.29) is 36.5 Å². The van der Waals surface area contributed by atoms with Crippen LogP contribution in [-0.4, -0.2) is 72.7 Å². The predicted octanol–water partition coefficient (Wildman–Crippen LogP) is 0.521. The monoisotopic (exact) mass is 286 g/mol. The second-order valence-corrected chi connectivity index (χ2v) is 5.89. The fourth-order valence-electron chi connectivity index (χ4n) is 2.65. The molecule has 116 valence electrons. The maximum Gasteiger partial charge on any atom is 0.323 e. The van der Waals surface area contributed by atoms with Gasteiger partial charge in [0, 0.05) is 13.1 Å². The quantitative estimate of drug-likeness (QED) is 0.771. The molecule has 20 heavy (non-hydrogen) atoms. The fraction of sp³-hybridized carbons (Fsp3) is 0.857. The number of carbonyl (C=O) groups excluding carboxylic acids is 1. The number of amides is 1. The van der Waals surface area contributed by atoms with E-state index in [2.05, 4.69) is 0 Å². The summed E-state index contributed by atoms with van der Waals surface area (Å²) < 4.78 is 5.68. The molecule has 0 bridgehead atoms. The predicted molar refractivity (Wildman–Crippen MR) is 75.4 cm³/mol. The van der Waals surface area contributed by atoms with Crippen LogP contribution in [0.3, 0.4) is 0 Å². The molecule has 6 nitrogen and oxygen atoms in total. The van der Waals surface area contributed by atoms with E-state index >= 15 is 0 Å². The van der Waals surface area contributed by atoms with Crippen molar-refractivity contribution in [3.63, 3.8) is 0 Å². The molecule has 1 heterocycles. The zero-order valence-corrected chi connectivity index (χ0v) is 13.0. The molecule has 1 fully saturated rings. The molecular weight excluding hydrogens is 260 g/mol. The van der Waals surface area contributed by atoms with Gasteiger partial charge in [-0.1, -0.05) is 6.92 Å². The zero-order chi connectivity index (χ0) is 15.4. The summed E-state index contributed by atoms with van der Waals surface area (Å²) >= 11 is 0. The van der Waals surface area contributed by atoms with Crippen LogP contribution in [0.2, 0.25) is 0 Å². The van der Waals surface area contributed by atoms with Crippen molar-refractivity contribution in [3.05, 3.63) is 0 Å². The van der Waals surface area contributed by atoms with Gasteiger partial charge in [0.15, 0.2) is 0 Å². The molecule has 6 heteroatoms. The summed E-state index contributed by atoms with van der Waals surface area (Å²) in [4.78, 5) is 27.0. The number of rotatable bonds is 6. The van der Waals surface area contributed by atoms with Crippen LogP contribution in [0.1, 0.15) is 20.8 Å². The summed E-state index contributed by atoms with van der Waals surface area (Å²) in [7, 11) is 3.80. The molecule has 4 atom stereocenters. The standard InChI is InChI=1S/C14H26N2O4/c1-9-10(2)20-11(3)13(9)14(19)16(8-12(17)18)7-6-15(4)5/h9-11,13H,6-8H2,1-5H3,(H,17,18). The zero-order valence-electron chi connectivity index (χ0n) is 13.0. The van der Waals surface area contributed by atoms with Crippen LogP contribution in [0.5, 0.6) is 0 Å². The second kappa shape index (κ2) is 7.04. The molecule has 1 saturated heterocycles. The van der Waals surface area contributed by atoms with Gasteiger partial charge in [-0.15, -0.1) is 0 Å². The Bertz CT molecular complexity index is 359. The fourth-order valence-corrected chi connectivity index (χ4v) is 2.65. The Morgan fingerprint density at radius 2 is 1.70 bits per heavy atom. The lowest BCUT2D eigenvalue weighted by molar-refractivity contribution is -0.147. The van der Waals surface area contributed by atoms with E-state index in [0.717, 1.165) is 0 Å². The molecule has 0 aromatic heterocycles. The first kappa shape index (κ1) is 16.9. The highest BCUT2D eigenvalue weighted by Gasteiger charge is 2.43. The van der Waals surface area contributed by atoms with Gasteiger partial charge in [-0.3, -0.25) is 9.59 Å². The molecule has 4 unspecified atom stereocenters. The lowest BCUT2D eigenvalue weighted by atomic mass is 9.88. The first-order valence-electron chi connectivity index (χ1n) is 7.04.